The zero-order valence-electron chi connectivity index (χ0n) is 12.8. The number of ether oxygens (including phenoxy) is 2. The van der Waals surface area contributed by atoms with Crippen LogP contribution in [0.1, 0.15) is 30.6 Å². The maximum absolute atomic E-state index is 5.84. The van der Waals surface area contributed by atoms with Gasteiger partial charge in [-0.1, -0.05) is 36.0 Å². The second-order valence-electron chi connectivity index (χ2n) is 5.02. The molecule has 1 aliphatic heterocycles. The molecule has 3 heterocycles. The van der Waals surface area contributed by atoms with Crippen molar-refractivity contribution in [2.45, 2.75) is 30.4 Å². The first-order chi connectivity index (χ1) is 11.8. The molecule has 124 valence electrons. The molecule has 0 saturated carbocycles. The summed E-state index contributed by atoms with van der Waals surface area (Å²) in [5.41, 5.74) is 0. The van der Waals surface area contributed by atoms with Gasteiger partial charge in [0.25, 0.3) is 11.1 Å². The third-order valence-corrected chi connectivity index (χ3v) is 4.15. The topological polar surface area (TPSA) is 96.3 Å². The van der Waals surface area contributed by atoms with Crippen molar-refractivity contribution < 1.29 is 18.4 Å². The molecular formula is C15H14N4O4S. The number of hydrogen-bond acceptors (Lipinski definition) is 9. The molecule has 9 heteroatoms. The van der Waals surface area contributed by atoms with Crippen molar-refractivity contribution in [1.82, 2.24) is 20.3 Å². The minimum absolute atomic E-state index is 0.326. The van der Waals surface area contributed by atoms with E-state index in [2.05, 4.69) is 20.3 Å². The van der Waals surface area contributed by atoms with Crippen molar-refractivity contribution >= 4 is 11.8 Å². The van der Waals surface area contributed by atoms with Gasteiger partial charge < -0.3 is 18.4 Å². The largest absolute Gasteiger partial charge is 0.485 e. The lowest BCUT2D eigenvalue weighted by Gasteiger charge is -2.23. The Balaban J connectivity index is 1.40. The van der Waals surface area contributed by atoms with Crippen LogP contribution in [0.5, 0.6) is 11.5 Å². The fraction of sp³-hybridized carbons (Fsp3) is 0.333. The van der Waals surface area contributed by atoms with Gasteiger partial charge in [0.05, 0.1) is 5.75 Å². The van der Waals surface area contributed by atoms with E-state index in [1.807, 2.05) is 31.2 Å². The second-order valence-corrected chi connectivity index (χ2v) is 5.94. The van der Waals surface area contributed by atoms with Crippen LogP contribution in [0.2, 0.25) is 0 Å². The van der Waals surface area contributed by atoms with Gasteiger partial charge in [-0.3, -0.25) is 0 Å². The summed E-state index contributed by atoms with van der Waals surface area (Å²) in [6, 6.07) is 7.48. The molecule has 0 fully saturated rings. The number of aromatic nitrogens is 4. The number of fused-ring (bicyclic) bond motifs is 1. The van der Waals surface area contributed by atoms with Crippen molar-refractivity contribution in [1.29, 1.82) is 0 Å². The Bertz CT molecular complexity index is 834. The molecule has 0 N–H and O–H groups in total. The van der Waals surface area contributed by atoms with E-state index in [0.717, 1.165) is 6.42 Å². The number of thioether (sulfide) groups is 1. The van der Waals surface area contributed by atoms with Crippen LogP contribution >= 0.6 is 11.8 Å². The van der Waals surface area contributed by atoms with E-state index < -0.39 is 6.10 Å². The third-order valence-electron chi connectivity index (χ3n) is 3.35. The SMILES string of the molecule is CCc1noc(CSc2nnc(C3COc4ccccc4O3)o2)n1. The number of rotatable bonds is 5. The molecule has 2 aromatic heterocycles. The van der Waals surface area contributed by atoms with Crippen LogP contribution in [0.3, 0.4) is 0 Å². The monoisotopic (exact) mass is 346 g/mol. The maximum Gasteiger partial charge on any atom is 0.277 e. The van der Waals surface area contributed by atoms with E-state index in [1.54, 1.807) is 0 Å². The van der Waals surface area contributed by atoms with Gasteiger partial charge in [0, 0.05) is 6.42 Å². The molecule has 4 rings (SSSR count). The van der Waals surface area contributed by atoms with E-state index in [1.165, 1.54) is 11.8 Å². The smallest absolute Gasteiger partial charge is 0.277 e. The first kappa shape index (κ1) is 15.0. The molecule has 24 heavy (non-hydrogen) atoms. The van der Waals surface area contributed by atoms with E-state index in [-0.39, 0.29) is 0 Å². The third kappa shape index (κ3) is 3.07. The Kier molecular flexibility index (Phi) is 4.08. The van der Waals surface area contributed by atoms with Crippen molar-refractivity contribution in [2.75, 3.05) is 6.61 Å². The van der Waals surface area contributed by atoms with Gasteiger partial charge in [-0.05, 0) is 12.1 Å². The highest BCUT2D eigenvalue weighted by molar-refractivity contribution is 7.98. The lowest BCUT2D eigenvalue weighted by atomic mass is 10.2. The molecule has 8 nitrogen and oxygen atoms in total. The molecule has 0 bridgehead atoms. The van der Waals surface area contributed by atoms with E-state index in [0.29, 0.717) is 46.7 Å². The van der Waals surface area contributed by atoms with Crippen LogP contribution in [0, 0.1) is 0 Å². The average molecular weight is 346 g/mol. The Hall–Kier alpha value is -2.55. The quantitative estimate of drug-likeness (QED) is 0.646. The van der Waals surface area contributed by atoms with Gasteiger partial charge in [0.1, 0.15) is 6.61 Å². The summed E-state index contributed by atoms with van der Waals surface area (Å²) in [7, 11) is 0. The van der Waals surface area contributed by atoms with Gasteiger partial charge in [-0.2, -0.15) is 4.98 Å². The zero-order chi connectivity index (χ0) is 16.4. The summed E-state index contributed by atoms with van der Waals surface area (Å²) in [5.74, 6) is 3.45. The average Bonchev–Trinajstić information content (AvgIpc) is 3.28. The summed E-state index contributed by atoms with van der Waals surface area (Å²) < 4.78 is 22.3. The summed E-state index contributed by atoms with van der Waals surface area (Å²) in [6.07, 6.45) is 0.316. The minimum Gasteiger partial charge on any atom is -0.485 e. The molecule has 0 radical (unpaired) electrons. The van der Waals surface area contributed by atoms with E-state index >= 15 is 0 Å². The molecule has 0 aliphatic carbocycles. The second kappa shape index (κ2) is 6.52. The lowest BCUT2D eigenvalue weighted by Crippen LogP contribution is -2.21. The van der Waals surface area contributed by atoms with Crippen molar-refractivity contribution in [3.05, 3.63) is 41.9 Å². The van der Waals surface area contributed by atoms with Crippen molar-refractivity contribution in [2.24, 2.45) is 0 Å². The fourth-order valence-electron chi connectivity index (χ4n) is 2.17. The maximum atomic E-state index is 5.84. The van der Waals surface area contributed by atoms with Crippen LogP contribution in [0.25, 0.3) is 0 Å². The first-order valence-electron chi connectivity index (χ1n) is 7.48. The molecule has 1 aromatic carbocycles. The van der Waals surface area contributed by atoms with Crippen LogP contribution in [-0.2, 0) is 12.2 Å². The lowest BCUT2D eigenvalue weighted by molar-refractivity contribution is 0.0686. The molecule has 3 aromatic rings. The van der Waals surface area contributed by atoms with Crippen LogP contribution in [0.4, 0.5) is 0 Å². The van der Waals surface area contributed by atoms with Crippen LogP contribution in [0.15, 0.2) is 38.4 Å². The van der Waals surface area contributed by atoms with Crippen LogP contribution < -0.4 is 9.47 Å². The predicted octanol–water partition coefficient (Wildman–Crippen LogP) is 2.82. The Morgan fingerprint density at radius 3 is 2.92 bits per heavy atom. The van der Waals surface area contributed by atoms with E-state index in [9.17, 15) is 0 Å². The number of nitrogens with zero attached hydrogens (tertiary/aromatic N) is 4. The highest BCUT2D eigenvalue weighted by atomic mass is 32.2. The molecule has 1 unspecified atom stereocenters. The standard InChI is InChI=1S/C15H14N4O4S/c1-2-12-16-13(23-19-12)8-24-15-18-17-14(22-15)11-7-20-9-5-3-4-6-10(9)21-11/h3-6,11H,2,7-8H2,1H3. The highest BCUT2D eigenvalue weighted by Gasteiger charge is 2.27. The number of aryl methyl sites for hydroxylation is 1. The molecule has 0 saturated heterocycles. The Labute approximate surface area is 141 Å². The van der Waals surface area contributed by atoms with Gasteiger partial charge in [-0.15, -0.1) is 10.2 Å². The normalized spacial score (nSPS) is 16.3. The Morgan fingerprint density at radius 1 is 1.21 bits per heavy atom. The van der Waals surface area contributed by atoms with Gasteiger partial charge in [-0.25, -0.2) is 0 Å². The molecule has 0 spiro atoms. The molecular weight excluding hydrogens is 332 g/mol. The first-order valence-corrected chi connectivity index (χ1v) is 8.46. The fourth-order valence-corrected chi connectivity index (χ4v) is 2.77. The van der Waals surface area contributed by atoms with Gasteiger partial charge in [0.2, 0.25) is 12.0 Å². The highest BCUT2D eigenvalue weighted by Crippen LogP contribution is 2.36. The number of benzene rings is 1. The molecule has 1 aliphatic rings. The van der Waals surface area contributed by atoms with Gasteiger partial charge in [0.15, 0.2) is 17.3 Å². The molecule has 1 atom stereocenters. The molecule has 0 amide bonds. The van der Waals surface area contributed by atoms with Crippen LogP contribution in [-0.4, -0.2) is 26.9 Å². The van der Waals surface area contributed by atoms with Crippen molar-refractivity contribution in [3.63, 3.8) is 0 Å². The van der Waals surface area contributed by atoms with Gasteiger partial charge >= 0.3 is 0 Å². The predicted molar refractivity (Wildman–Crippen MR) is 82.8 cm³/mol. The summed E-state index contributed by atoms with van der Waals surface area (Å²) in [5, 5.41) is 12.3. The summed E-state index contributed by atoms with van der Waals surface area (Å²) >= 11 is 1.33. The zero-order valence-corrected chi connectivity index (χ0v) is 13.7. The van der Waals surface area contributed by atoms with Crippen molar-refractivity contribution in [3.8, 4) is 11.5 Å². The Morgan fingerprint density at radius 2 is 2.08 bits per heavy atom. The number of para-hydroxylation sites is 2. The van der Waals surface area contributed by atoms with E-state index in [4.69, 9.17) is 18.4 Å². The summed E-state index contributed by atoms with van der Waals surface area (Å²) in [6.45, 7) is 2.29. The number of hydrogen-bond donors (Lipinski definition) is 0. The minimum atomic E-state index is -0.420. The summed E-state index contributed by atoms with van der Waals surface area (Å²) in [4.78, 5) is 4.23.